The lowest BCUT2D eigenvalue weighted by Crippen LogP contribution is -2.52. The first kappa shape index (κ1) is 24.4. The van der Waals surface area contributed by atoms with Crippen LogP contribution in [0, 0.1) is 5.82 Å². The number of nitrogens with zero attached hydrogens (tertiary/aromatic N) is 4. The summed E-state index contributed by atoms with van der Waals surface area (Å²) in [4.78, 5) is 9.47. The van der Waals surface area contributed by atoms with E-state index in [9.17, 15) is 4.39 Å². The molecular weight excluding hydrogens is 500 g/mol. The molecule has 3 rings (SSSR count). The van der Waals surface area contributed by atoms with Crippen LogP contribution in [0.4, 0.5) is 4.39 Å². The largest absolute Gasteiger partial charge is 0.494 e. The molecule has 0 unspecified atom stereocenters. The first-order valence-corrected chi connectivity index (χ1v) is 10.3. The Morgan fingerprint density at radius 2 is 1.93 bits per heavy atom. The molecule has 0 aliphatic carbocycles. The minimum atomic E-state index is -0.249. The molecule has 7 nitrogen and oxygen atoms in total. The van der Waals surface area contributed by atoms with Crippen LogP contribution in [0.5, 0.6) is 5.75 Å². The van der Waals surface area contributed by atoms with Crippen molar-refractivity contribution < 1.29 is 13.7 Å². The van der Waals surface area contributed by atoms with Crippen LogP contribution in [-0.2, 0) is 6.54 Å². The van der Waals surface area contributed by atoms with E-state index in [0.29, 0.717) is 12.4 Å². The Labute approximate surface area is 194 Å². The van der Waals surface area contributed by atoms with Gasteiger partial charge in [0.2, 0.25) is 0 Å². The molecule has 30 heavy (non-hydrogen) atoms. The molecule has 9 heteroatoms. The number of benzene rings is 1. The number of aromatic nitrogens is 1. The average Bonchev–Trinajstić information content (AvgIpc) is 3.25. The molecule has 2 heterocycles. The maximum atomic E-state index is 12.9. The lowest BCUT2D eigenvalue weighted by Gasteiger charge is -2.36. The van der Waals surface area contributed by atoms with Crippen LogP contribution in [0.1, 0.15) is 25.5 Å². The highest BCUT2D eigenvalue weighted by molar-refractivity contribution is 14.0. The summed E-state index contributed by atoms with van der Waals surface area (Å²) in [7, 11) is 0. The minimum absolute atomic E-state index is 0. The van der Waals surface area contributed by atoms with Crippen molar-refractivity contribution in [3.8, 4) is 5.75 Å². The van der Waals surface area contributed by atoms with E-state index >= 15 is 0 Å². The lowest BCUT2D eigenvalue weighted by molar-refractivity contribution is 0.169. The van der Waals surface area contributed by atoms with Crippen LogP contribution >= 0.6 is 24.0 Å². The molecule has 1 N–H and O–H groups in total. The molecular formula is C21H31FIN5O2. The highest BCUT2D eigenvalue weighted by Gasteiger charge is 2.20. The summed E-state index contributed by atoms with van der Waals surface area (Å²) in [5, 5.41) is 7.39. The first-order chi connectivity index (χ1) is 14.2. The highest BCUT2D eigenvalue weighted by atomic mass is 127. The average molecular weight is 531 g/mol. The van der Waals surface area contributed by atoms with Crippen LogP contribution in [0.3, 0.4) is 0 Å². The van der Waals surface area contributed by atoms with E-state index in [0.717, 1.165) is 70.3 Å². The summed E-state index contributed by atoms with van der Waals surface area (Å²) >= 11 is 0. The number of hydrogen-bond acceptors (Lipinski definition) is 5. The number of aliphatic imine (C=N–C) groups is 1. The van der Waals surface area contributed by atoms with Gasteiger partial charge in [-0.2, -0.15) is 0 Å². The lowest BCUT2D eigenvalue weighted by atomic mass is 10.3. The number of rotatable bonds is 9. The summed E-state index contributed by atoms with van der Waals surface area (Å²) in [6, 6.07) is 8.04. The molecule has 1 fully saturated rings. The molecule has 1 saturated heterocycles. The zero-order valence-electron chi connectivity index (χ0n) is 17.4. The van der Waals surface area contributed by atoms with Crippen molar-refractivity contribution in [1.82, 2.24) is 20.3 Å². The molecule has 1 aliphatic rings. The Morgan fingerprint density at radius 3 is 2.60 bits per heavy atom. The molecule has 1 aromatic heterocycles. The second kappa shape index (κ2) is 13.4. The molecule has 166 valence electrons. The maximum Gasteiger partial charge on any atom is 0.194 e. The number of unbranched alkanes of at least 4 members (excludes halogenated alkanes) is 1. The molecule has 0 bridgehead atoms. The fourth-order valence-corrected chi connectivity index (χ4v) is 3.21. The molecule has 0 radical (unpaired) electrons. The summed E-state index contributed by atoms with van der Waals surface area (Å²) in [6.45, 7) is 8.97. The molecule has 0 spiro atoms. The predicted octanol–water partition coefficient (Wildman–Crippen LogP) is 3.37. The van der Waals surface area contributed by atoms with Gasteiger partial charge in [0.05, 0.1) is 12.3 Å². The molecule has 1 aromatic carbocycles. The van der Waals surface area contributed by atoms with Gasteiger partial charge in [0.15, 0.2) is 5.96 Å². The Kier molecular flexibility index (Phi) is 10.9. The number of halogens is 2. The van der Waals surface area contributed by atoms with E-state index in [2.05, 4.69) is 27.2 Å². The van der Waals surface area contributed by atoms with E-state index in [4.69, 9.17) is 14.3 Å². The van der Waals surface area contributed by atoms with E-state index in [1.54, 1.807) is 18.4 Å². The second-order valence-electron chi connectivity index (χ2n) is 7.00. The molecule has 0 saturated carbocycles. The quantitative estimate of drug-likeness (QED) is 0.232. The topological polar surface area (TPSA) is 66.1 Å². The first-order valence-electron chi connectivity index (χ1n) is 10.3. The highest BCUT2D eigenvalue weighted by Crippen LogP contribution is 2.11. The molecule has 1 aliphatic heterocycles. The zero-order chi connectivity index (χ0) is 20.3. The van der Waals surface area contributed by atoms with Gasteiger partial charge in [-0.1, -0.05) is 5.16 Å². The predicted molar refractivity (Wildman–Crippen MR) is 126 cm³/mol. The number of ether oxygens (including phenoxy) is 1. The van der Waals surface area contributed by atoms with Crippen molar-refractivity contribution in [3.05, 3.63) is 48.1 Å². The summed E-state index contributed by atoms with van der Waals surface area (Å²) in [5.41, 5.74) is 0.974. The van der Waals surface area contributed by atoms with E-state index in [1.807, 2.05) is 6.07 Å². The molecule has 0 atom stereocenters. The van der Waals surface area contributed by atoms with Gasteiger partial charge in [-0.3, -0.25) is 9.89 Å². The van der Waals surface area contributed by atoms with Gasteiger partial charge < -0.3 is 19.5 Å². The summed E-state index contributed by atoms with van der Waals surface area (Å²) in [5.74, 6) is 1.43. The van der Waals surface area contributed by atoms with Gasteiger partial charge in [0.1, 0.15) is 17.8 Å². The van der Waals surface area contributed by atoms with Gasteiger partial charge in [0.25, 0.3) is 0 Å². The smallest absolute Gasteiger partial charge is 0.194 e. The van der Waals surface area contributed by atoms with Crippen molar-refractivity contribution in [2.45, 2.75) is 26.3 Å². The van der Waals surface area contributed by atoms with Gasteiger partial charge in [0, 0.05) is 51.9 Å². The number of guanidine groups is 1. The minimum Gasteiger partial charge on any atom is -0.494 e. The van der Waals surface area contributed by atoms with Gasteiger partial charge in [-0.05, 0) is 44.0 Å². The van der Waals surface area contributed by atoms with Crippen molar-refractivity contribution in [3.63, 3.8) is 0 Å². The van der Waals surface area contributed by atoms with Crippen LogP contribution in [0.25, 0.3) is 0 Å². The zero-order valence-corrected chi connectivity index (χ0v) is 19.8. The van der Waals surface area contributed by atoms with Crippen molar-refractivity contribution in [2.24, 2.45) is 4.99 Å². The van der Waals surface area contributed by atoms with Crippen molar-refractivity contribution in [2.75, 3.05) is 45.9 Å². The third-order valence-corrected chi connectivity index (χ3v) is 4.78. The monoisotopic (exact) mass is 531 g/mol. The fraction of sp³-hybridized carbons (Fsp3) is 0.524. The standard InChI is InChI=1S/C21H30FN5O2.HI/c1-2-23-21(24-10-3-4-15-28-20-7-5-18(22)6-8-20)27-13-11-26(12-14-27)17-19-9-16-29-25-19;/h5-9,16H,2-4,10-15,17H2,1H3,(H,23,24);1H. The Hall–Kier alpha value is -1.88. The summed E-state index contributed by atoms with van der Waals surface area (Å²) in [6.07, 6.45) is 3.47. The van der Waals surface area contributed by atoms with Crippen molar-refractivity contribution in [1.29, 1.82) is 0 Å². The number of piperazine rings is 1. The third-order valence-electron chi connectivity index (χ3n) is 4.78. The van der Waals surface area contributed by atoms with Gasteiger partial charge in [-0.25, -0.2) is 4.39 Å². The SMILES string of the molecule is CCNC(=NCCCCOc1ccc(F)cc1)N1CCN(Cc2ccon2)CC1.I. The molecule has 0 amide bonds. The third kappa shape index (κ3) is 8.10. The van der Waals surface area contributed by atoms with Crippen LogP contribution in [-0.4, -0.2) is 66.8 Å². The van der Waals surface area contributed by atoms with E-state index in [-0.39, 0.29) is 29.8 Å². The second-order valence-corrected chi connectivity index (χ2v) is 7.00. The summed E-state index contributed by atoms with van der Waals surface area (Å²) < 4.78 is 23.4. The fourth-order valence-electron chi connectivity index (χ4n) is 3.21. The Morgan fingerprint density at radius 1 is 1.17 bits per heavy atom. The van der Waals surface area contributed by atoms with Crippen molar-refractivity contribution >= 4 is 29.9 Å². The normalized spacial score (nSPS) is 15.0. The van der Waals surface area contributed by atoms with E-state index < -0.39 is 0 Å². The number of hydrogen-bond donors (Lipinski definition) is 1. The Bertz CT molecular complexity index is 734. The maximum absolute atomic E-state index is 12.9. The van der Waals surface area contributed by atoms with Crippen LogP contribution in [0.2, 0.25) is 0 Å². The molecule has 2 aromatic rings. The Balaban J connectivity index is 0.00000320. The van der Waals surface area contributed by atoms with Crippen LogP contribution < -0.4 is 10.1 Å². The van der Waals surface area contributed by atoms with Crippen LogP contribution in [0.15, 0.2) is 46.1 Å². The van der Waals surface area contributed by atoms with Gasteiger partial charge >= 0.3 is 0 Å². The number of nitrogens with one attached hydrogen (secondary N) is 1. The van der Waals surface area contributed by atoms with Gasteiger partial charge in [-0.15, -0.1) is 24.0 Å². The van der Waals surface area contributed by atoms with E-state index in [1.165, 1.54) is 12.1 Å².